The molecule has 1 aromatic heterocycles. The summed E-state index contributed by atoms with van der Waals surface area (Å²) in [5.74, 6) is 0.252. The molecule has 0 aliphatic carbocycles. The van der Waals surface area contributed by atoms with E-state index in [9.17, 15) is 5.11 Å². The third-order valence-electron chi connectivity index (χ3n) is 9.55. The van der Waals surface area contributed by atoms with Crippen molar-refractivity contribution < 1.29 is 5.11 Å². The second-order valence-electron chi connectivity index (χ2n) is 13.5. The van der Waals surface area contributed by atoms with Crippen LogP contribution >= 0.6 is 0 Å². The Hall–Kier alpha value is -2.67. The van der Waals surface area contributed by atoms with Crippen LogP contribution in [0.2, 0.25) is 0 Å². The molecule has 0 atom stereocenters. The van der Waals surface area contributed by atoms with Crippen molar-refractivity contribution >= 4 is 10.9 Å². The van der Waals surface area contributed by atoms with Crippen LogP contribution in [0.3, 0.4) is 0 Å². The molecule has 0 unspecified atom stereocenters. The highest BCUT2D eigenvalue weighted by molar-refractivity contribution is 5.87. The Morgan fingerprint density at radius 3 is 1.52 bits per heavy atom. The molecule has 2 saturated heterocycles. The fourth-order valence-corrected chi connectivity index (χ4v) is 6.81. The summed E-state index contributed by atoms with van der Waals surface area (Å²) in [7, 11) is 0. The molecule has 3 heterocycles. The topological polar surface area (TPSA) is 103 Å². The summed E-state index contributed by atoms with van der Waals surface area (Å²) < 4.78 is 0. The van der Waals surface area contributed by atoms with Crippen molar-refractivity contribution in [2.24, 2.45) is 0 Å². The lowest BCUT2D eigenvalue weighted by Gasteiger charge is -2.26. The van der Waals surface area contributed by atoms with Crippen LogP contribution in [0, 0.1) is 0 Å². The van der Waals surface area contributed by atoms with E-state index in [0.717, 1.165) is 143 Å². The Kier molecular flexibility index (Phi) is 16.3. The van der Waals surface area contributed by atoms with E-state index in [1.54, 1.807) is 12.3 Å². The van der Waals surface area contributed by atoms with Gasteiger partial charge in [-0.3, -0.25) is 19.7 Å². The molecule has 264 valence electrons. The Labute approximate surface area is 289 Å². The van der Waals surface area contributed by atoms with E-state index < -0.39 is 0 Å². The first-order chi connectivity index (χ1) is 23.7. The summed E-state index contributed by atoms with van der Waals surface area (Å²) >= 11 is 0. The molecular formula is C38H61N9O. The molecule has 0 bridgehead atoms. The second kappa shape index (κ2) is 21.4. The van der Waals surface area contributed by atoms with Gasteiger partial charge in [0.2, 0.25) is 0 Å². The molecule has 2 fully saturated rings. The lowest BCUT2D eigenvalue weighted by Crippen LogP contribution is -2.38. The Morgan fingerprint density at radius 2 is 0.979 bits per heavy atom. The standard InChI is InChI=1S/C38H61N9O/c48-37-12-11-35(36-6-1-18-44-38(36)37)32-47-26-5-17-42-22-28-46(25-4-16-43-23-29-47)31-34-9-7-33(8-10-34)30-45-24-3-15-40-20-19-39-13-2-14-41-21-27-45/h1,6-12,18,39-43,48H,2-5,13-17,19-32H2. The van der Waals surface area contributed by atoms with E-state index in [1.807, 2.05) is 6.07 Å². The minimum Gasteiger partial charge on any atom is -0.506 e. The molecule has 5 rings (SSSR count). The number of phenolic OH excluding ortho intramolecular Hbond substituents is 1. The van der Waals surface area contributed by atoms with E-state index in [0.29, 0.717) is 5.52 Å². The van der Waals surface area contributed by atoms with Gasteiger partial charge in [-0.1, -0.05) is 36.4 Å². The number of nitrogens with one attached hydrogen (secondary N) is 5. The fourth-order valence-electron chi connectivity index (χ4n) is 6.81. The summed E-state index contributed by atoms with van der Waals surface area (Å²) in [5, 5.41) is 29.5. The van der Waals surface area contributed by atoms with E-state index in [-0.39, 0.29) is 5.75 Å². The number of nitrogens with zero attached hydrogens (tertiary/aromatic N) is 4. The van der Waals surface area contributed by atoms with Crippen molar-refractivity contribution in [3.63, 3.8) is 0 Å². The van der Waals surface area contributed by atoms with Crippen LogP contribution in [0.4, 0.5) is 0 Å². The van der Waals surface area contributed by atoms with Crippen molar-refractivity contribution in [3.8, 4) is 5.75 Å². The van der Waals surface area contributed by atoms with Crippen molar-refractivity contribution in [1.29, 1.82) is 0 Å². The Bertz CT molecular complexity index is 1280. The van der Waals surface area contributed by atoms with Gasteiger partial charge in [0.25, 0.3) is 0 Å². The van der Waals surface area contributed by atoms with Crippen molar-refractivity contribution in [1.82, 2.24) is 46.3 Å². The zero-order chi connectivity index (χ0) is 33.1. The summed E-state index contributed by atoms with van der Waals surface area (Å²) in [4.78, 5) is 12.2. The molecule has 10 heteroatoms. The van der Waals surface area contributed by atoms with Crippen molar-refractivity contribution in [3.05, 3.63) is 71.4 Å². The zero-order valence-corrected chi connectivity index (χ0v) is 29.2. The summed E-state index contributed by atoms with van der Waals surface area (Å²) in [5.41, 5.74) is 4.73. The molecule has 2 aromatic carbocycles. The minimum atomic E-state index is 0.252. The molecule has 2 aliphatic rings. The average molecular weight is 660 g/mol. The number of fused-ring (bicyclic) bond motifs is 1. The van der Waals surface area contributed by atoms with Gasteiger partial charge in [-0.25, -0.2) is 0 Å². The number of rotatable bonds is 6. The Balaban J connectivity index is 1.06. The van der Waals surface area contributed by atoms with Crippen LogP contribution in [0.25, 0.3) is 10.9 Å². The highest BCUT2D eigenvalue weighted by atomic mass is 16.3. The van der Waals surface area contributed by atoms with E-state index >= 15 is 0 Å². The maximum atomic E-state index is 10.3. The summed E-state index contributed by atoms with van der Waals surface area (Å²) in [6.07, 6.45) is 6.36. The lowest BCUT2D eigenvalue weighted by molar-refractivity contribution is 0.241. The molecule has 0 radical (unpaired) electrons. The first kappa shape index (κ1) is 36.6. The number of aromatic nitrogens is 1. The van der Waals surface area contributed by atoms with E-state index in [1.165, 1.54) is 29.5 Å². The van der Waals surface area contributed by atoms with Gasteiger partial charge in [0.05, 0.1) is 0 Å². The van der Waals surface area contributed by atoms with Gasteiger partial charge in [0.1, 0.15) is 11.3 Å². The third-order valence-corrected chi connectivity index (χ3v) is 9.55. The van der Waals surface area contributed by atoms with Gasteiger partial charge in [0, 0.05) is 83.6 Å². The molecule has 0 spiro atoms. The maximum absolute atomic E-state index is 10.3. The molecule has 48 heavy (non-hydrogen) atoms. The van der Waals surface area contributed by atoms with Gasteiger partial charge in [-0.15, -0.1) is 0 Å². The van der Waals surface area contributed by atoms with Crippen LogP contribution < -0.4 is 26.6 Å². The molecule has 2 aliphatic heterocycles. The number of aromatic hydroxyl groups is 1. The van der Waals surface area contributed by atoms with E-state index in [2.05, 4.69) is 82.7 Å². The van der Waals surface area contributed by atoms with Crippen molar-refractivity contribution in [2.45, 2.75) is 45.3 Å². The molecule has 6 N–H and O–H groups in total. The number of phenols is 1. The van der Waals surface area contributed by atoms with Crippen LogP contribution in [0.1, 0.15) is 42.4 Å². The highest BCUT2D eigenvalue weighted by Gasteiger charge is 2.13. The third kappa shape index (κ3) is 13.0. The summed E-state index contributed by atoms with van der Waals surface area (Å²) in [6.45, 7) is 19.7. The van der Waals surface area contributed by atoms with Crippen LogP contribution in [0.5, 0.6) is 5.75 Å². The van der Waals surface area contributed by atoms with Crippen LogP contribution in [0.15, 0.2) is 54.7 Å². The van der Waals surface area contributed by atoms with Gasteiger partial charge in [0.15, 0.2) is 0 Å². The molecule has 3 aromatic rings. The highest BCUT2D eigenvalue weighted by Crippen LogP contribution is 2.26. The minimum absolute atomic E-state index is 0.252. The van der Waals surface area contributed by atoms with Crippen molar-refractivity contribution in [2.75, 3.05) is 105 Å². The maximum Gasteiger partial charge on any atom is 0.141 e. The zero-order valence-electron chi connectivity index (χ0n) is 29.2. The van der Waals surface area contributed by atoms with Gasteiger partial charge in [-0.05, 0) is 107 Å². The smallest absolute Gasteiger partial charge is 0.141 e. The van der Waals surface area contributed by atoms with E-state index in [4.69, 9.17) is 0 Å². The normalized spacial score (nSPS) is 20.6. The van der Waals surface area contributed by atoms with Crippen LogP contribution in [-0.2, 0) is 19.6 Å². The van der Waals surface area contributed by atoms with Gasteiger partial charge in [-0.2, -0.15) is 0 Å². The van der Waals surface area contributed by atoms with Gasteiger partial charge >= 0.3 is 0 Å². The first-order valence-electron chi connectivity index (χ1n) is 18.6. The first-order valence-corrected chi connectivity index (χ1v) is 18.6. The molecule has 10 nitrogen and oxygen atoms in total. The lowest BCUT2D eigenvalue weighted by atomic mass is 10.1. The monoisotopic (exact) mass is 659 g/mol. The number of hydrogen-bond donors (Lipinski definition) is 6. The second-order valence-corrected chi connectivity index (χ2v) is 13.5. The van der Waals surface area contributed by atoms with Crippen LogP contribution in [-0.4, -0.2) is 130 Å². The SMILES string of the molecule is Oc1ccc(CN2CCCNCCN(Cc3ccc(CN4CCCNCCNCCCNCC4)cc3)CCCNCC2)c2cccnc12. The predicted molar refractivity (Wildman–Crippen MR) is 198 cm³/mol. The van der Waals surface area contributed by atoms with Gasteiger partial charge < -0.3 is 31.7 Å². The summed E-state index contributed by atoms with van der Waals surface area (Å²) in [6, 6.07) is 17.3. The number of pyridine rings is 1. The number of benzene rings is 2. The largest absolute Gasteiger partial charge is 0.506 e. The Morgan fingerprint density at radius 1 is 0.500 bits per heavy atom. The quantitative estimate of drug-likeness (QED) is 0.237. The predicted octanol–water partition coefficient (Wildman–Crippen LogP) is 2.58. The molecule has 0 saturated carbocycles. The number of hydrogen-bond acceptors (Lipinski definition) is 10. The molecular weight excluding hydrogens is 598 g/mol. The average Bonchev–Trinajstić information content (AvgIpc) is 3.10. The fraction of sp³-hybridized carbons (Fsp3) is 0.605. The molecule has 0 amide bonds.